The molecule has 21 heavy (non-hydrogen) atoms. The molecule has 1 aromatic heterocycles. The topological polar surface area (TPSA) is 84.3 Å². The Hall–Kier alpha value is -1.85. The first-order valence-corrected chi connectivity index (χ1v) is 7.58. The standard InChI is InChI=1S/C15H23N3O3/c1-2-8-21-13-10-16-9-12(18-13)17-11-15(14(19)20)6-4-3-5-7-15/h9-10H,2-8,11H2,1H3,(H,17,18)(H,19,20). The van der Waals surface area contributed by atoms with E-state index in [9.17, 15) is 9.90 Å². The second kappa shape index (κ2) is 7.24. The van der Waals surface area contributed by atoms with Crippen LogP contribution in [-0.2, 0) is 4.79 Å². The number of aromatic nitrogens is 2. The van der Waals surface area contributed by atoms with Gasteiger partial charge in [0.25, 0.3) is 0 Å². The van der Waals surface area contributed by atoms with Gasteiger partial charge in [0.05, 0.1) is 24.4 Å². The molecule has 116 valence electrons. The molecule has 0 spiro atoms. The van der Waals surface area contributed by atoms with Crippen LogP contribution in [0, 0.1) is 5.41 Å². The summed E-state index contributed by atoms with van der Waals surface area (Å²) in [6.45, 7) is 3.00. The number of aliphatic carboxylic acids is 1. The molecule has 0 aliphatic heterocycles. The van der Waals surface area contributed by atoms with Crippen molar-refractivity contribution in [2.24, 2.45) is 5.41 Å². The smallest absolute Gasteiger partial charge is 0.311 e. The minimum atomic E-state index is -0.721. The molecule has 0 saturated heterocycles. The highest BCUT2D eigenvalue weighted by molar-refractivity contribution is 5.75. The summed E-state index contributed by atoms with van der Waals surface area (Å²) in [4.78, 5) is 20.0. The Morgan fingerprint density at radius 3 is 2.81 bits per heavy atom. The van der Waals surface area contributed by atoms with E-state index in [-0.39, 0.29) is 0 Å². The van der Waals surface area contributed by atoms with Crippen molar-refractivity contribution >= 4 is 11.8 Å². The van der Waals surface area contributed by atoms with Crippen molar-refractivity contribution < 1.29 is 14.6 Å². The first-order chi connectivity index (χ1) is 10.2. The molecule has 1 saturated carbocycles. The minimum absolute atomic E-state index is 0.383. The average molecular weight is 293 g/mol. The molecule has 2 rings (SSSR count). The van der Waals surface area contributed by atoms with Gasteiger partial charge in [-0.25, -0.2) is 0 Å². The Balaban J connectivity index is 1.99. The lowest BCUT2D eigenvalue weighted by molar-refractivity contribution is -0.150. The van der Waals surface area contributed by atoms with E-state index in [1.54, 1.807) is 12.4 Å². The molecule has 1 heterocycles. The van der Waals surface area contributed by atoms with Gasteiger partial charge in [-0.1, -0.05) is 26.2 Å². The molecule has 1 aromatic rings. The van der Waals surface area contributed by atoms with Crippen LogP contribution in [0.5, 0.6) is 5.88 Å². The van der Waals surface area contributed by atoms with Crippen LogP contribution in [0.1, 0.15) is 45.4 Å². The molecule has 1 aliphatic carbocycles. The SMILES string of the molecule is CCCOc1cncc(NCC2(C(=O)O)CCCCC2)n1. The lowest BCUT2D eigenvalue weighted by Crippen LogP contribution is -2.39. The summed E-state index contributed by atoms with van der Waals surface area (Å²) in [5.74, 6) is 0.311. The second-order valence-corrected chi connectivity index (χ2v) is 5.59. The Bertz CT molecular complexity index is 473. The summed E-state index contributed by atoms with van der Waals surface area (Å²) in [5.41, 5.74) is -0.680. The fraction of sp³-hybridized carbons (Fsp3) is 0.667. The van der Waals surface area contributed by atoms with Gasteiger partial charge in [-0.3, -0.25) is 9.78 Å². The summed E-state index contributed by atoms with van der Waals surface area (Å²) >= 11 is 0. The molecule has 0 atom stereocenters. The molecule has 0 amide bonds. The van der Waals surface area contributed by atoms with Gasteiger partial charge in [-0.15, -0.1) is 0 Å². The van der Waals surface area contributed by atoms with Gasteiger partial charge in [-0.05, 0) is 19.3 Å². The average Bonchev–Trinajstić information content (AvgIpc) is 2.52. The van der Waals surface area contributed by atoms with Crippen molar-refractivity contribution in [3.63, 3.8) is 0 Å². The predicted molar refractivity (Wildman–Crippen MR) is 79.5 cm³/mol. The first-order valence-electron chi connectivity index (χ1n) is 7.58. The van der Waals surface area contributed by atoms with Crippen LogP contribution in [0.3, 0.4) is 0 Å². The lowest BCUT2D eigenvalue weighted by Gasteiger charge is -2.33. The zero-order valence-corrected chi connectivity index (χ0v) is 12.5. The molecule has 0 aromatic carbocycles. The lowest BCUT2D eigenvalue weighted by atomic mass is 9.74. The van der Waals surface area contributed by atoms with Gasteiger partial charge in [0.1, 0.15) is 5.82 Å². The first kappa shape index (κ1) is 15.5. The van der Waals surface area contributed by atoms with E-state index in [0.29, 0.717) is 24.8 Å². The molecule has 2 N–H and O–H groups in total. The highest BCUT2D eigenvalue weighted by atomic mass is 16.5. The normalized spacial score (nSPS) is 17.2. The molecule has 0 unspecified atom stereocenters. The molecular formula is C15H23N3O3. The van der Waals surface area contributed by atoms with Gasteiger partial charge in [0.15, 0.2) is 0 Å². The van der Waals surface area contributed by atoms with E-state index in [4.69, 9.17) is 4.74 Å². The van der Waals surface area contributed by atoms with E-state index in [1.807, 2.05) is 6.92 Å². The maximum Gasteiger partial charge on any atom is 0.311 e. The molecule has 6 nitrogen and oxygen atoms in total. The number of nitrogens with one attached hydrogen (secondary N) is 1. The Kier molecular flexibility index (Phi) is 5.36. The van der Waals surface area contributed by atoms with E-state index in [2.05, 4.69) is 15.3 Å². The molecule has 1 aliphatic rings. The van der Waals surface area contributed by atoms with Crippen molar-refractivity contribution in [1.29, 1.82) is 0 Å². The van der Waals surface area contributed by atoms with Crippen LogP contribution in [0.15, 0.2) is 12.4 Å². The zero-order chi connectivity index (χ0) is 15.1. The quantitative estimate of drug-likeness (QED) is 0.804. The number of carbonyl (C=O) groups is 1. The van der Waals surface area contributed by atoms with Crippen molar-refractivity contribution in [3.05, 3.63) is 12.4 Å². The van der Waals surface area contributed by atoms with Crippen LogP contribution in [0.25, 0.3) is 0 Å². The third-order valence-corrected chi connectivity index (χ3v) is 3.94. The number of hydrogen-bond acceptors (Lipinski definition) is 5. The molecule has 0 radical (unpaired) electrons. The third-order valence-electron chi connectivity index (χ3n) is 3.94. The molecular weight excluding hydrogens is 270 g/mol. The molecule has 6 heteroatoms. The van der Waals surface area contributed by atoms with Gasteiger partial charge in [0.2, 0.25) is 5.88 Å². The predicted octanol–water partition coefficient (Wildman–Crippen LogP) is 2.71. The number of nitrogens with zero attached hydrogens (tertiary/aromatic N) is 2. The number of ether oxygens (including phenoxy) is 1. The van der Waals surface area contributed by atoms with Crippen molar-refractivity contribution in [2.45, 2.75) is 45.4 Å². The largest absolute Gasteiger partial charge is 0.481 e. The number of carboxylic acid groups (broad SMARTS) is 1. The van der Waals surface area contributed by atoms with Crippen molar-refractivity contribution in [2.75, 3.05) is 18.5 Å². The highest BCUT2D eigenvalue weighted by Crippen LogP contribution is 2.36. The summed E-state index contributed by atoms with van der Waals surface area (Å²) in [6.07, 6.45) is 8.56. The van der Waals surface area contributed by atoms with Gasteiger partial charge in [0, 0.05) is 6.54 Å². The van der Waals surface area contributed by atoms with E-state index in [0.717, 1.165) is 38.5 Å². The maximum atomic E-state index is 11.6. The Morgan fingerprint density at radius 2 is 2.14 bits per heavy atom. The Morgan fingerprint density at radius 1 is 1.38 bits per heavy atom. The fourth-order valence-electron chi connectivity index (χ4n) is 2.66. The monoisotopic (exact) mass is 293 g/mol. The molecule has 0 bridgehead atoms. The van der Waals surface area contributed by atoms with E-state index in [1.165, 1.54) is 0 Å². The molecule has 1 fully saturated rings. The van der Waals surface area contributed by atoms with Gasteiger partial charge >= 0.3 is 5.97 Å². The van der Waals surface area contributed by atoms with E-state index >= 15 is 0 Å². The zero-order valence-electron chi connectivity index (χ0n) is 12.5. The fourth-order valence-corrected chi connectivity index (χ4v) is 2.66. The van der Waals surface area contributed by atoms with Crippen molar-refractivity contribution in [3.8, 4) is 5.88 Å². The van der Waals surface area contributed by atoms with E-state index < -0.39 is 11.4 Å². The summed E-state index contributed by atoms with van der Waals surface area (Å²) in [5, 5.41) is 12.7. The van der Waals surface area contributed by atoms with Crippen LogP contribution in [-0.4, -0.2) is 34.2 Å². The summed E-state index contributed by atoms with van der Waals surface area (Å²) in [6, 6.07) is 0. The van der Waals surface area contributed by atoms with Crippen LogP contribution < -0.4 is 10.1 Å². The summed E-state index contributed by atoms with van der Waals surface area (Å²) < 4.78 is 5.43. The highest BCUT2D eigenvalue weighted by Gasteiger charge is 2.39. The van der Waals surface area contributed by atoms with Crippen LogP contribution >= 0.6 is 0 Å². The maximum absolute atomic E-state index is 11.6. The Labute approximate surface area is 124 Å². The van der Waals surface area contributed by atoms with Crippen LogP contribution in [0.4, 0.5) is 5.82 Å². The van der Waals surface area contributed by atoms with Crippen LogP contribution in [0.2, 0.25) is 0 Å². The summed E-state index contributed by atoms with van der Waals surface area (Å²) in [7, 11) is 0. The van der Waals surface area contributed by atoms with Crippen molar-refractivity contribution in [1.82, 2.24) is 9.97 Å². The minimum Gasteiger partial charge on any atom is -0.481 e. The second-order valence-electron chi connectivity index (χ2n) is 5.59. The third kappa shape index (κ3) is 4.06. The number of rotatable bonds is 7. The number of hydrogen-bond donors (Lipinski definition) is 2. The number of anilines is 1. The van der Waals surface area contributed by atoms with Gasteiger partial charge in [-0.2, -0.15) is 4.98 Å². The van der Waals surface area contributed by atoms with Gasteiger partial charge < -0.3 is 15.2 Å². The number of carboxylic acids is 1.